The highest BCUT2D eigenvalue weighted by molar-refractivity contribution is 6.06. The van der Waals surface area contributed by atoms with Gasteiger partial charge in [-0.3, -0.25) is 4.79 Å². The number of ether oxygens (including phenoxy) is 2. The largest absolute Gasteiger partial charge is 0.493 e. The van der Waals surface area contributed by atoms with Crippen LogP contribution in [0.5, 0.6) is 11.5 Å². The summed E-state index contributed by atoms with van der Waals surface area (Å²) in [7, 11) is 3.05. The molecule has 0 bridgehead atoms. The van der Waals surface area contributed by atoms with Gasteiger partial charge in [-0.15, -0.1) is 0 Å². The molecule has 8 nitrogen and oxygen atoms in total. The van der Waals surface area contributed by atoms with Gasteiger partial charge in [0.15, 0.2) is 17.3 Å². The van der Waals surface area contributed by atoms with Crippen LogP contribution in [0, 0.1) is 0 Å². The molecule has 8 heteroatoms. The van der Waals surface area contributed by atoms with Crippen molar-refractivity contribution in [2.75, 3.05) is 19.5 Å². The van der Waals surface area contributed by atoms with Crippen molar-refractivity contribution in [2.45, 2.75) is 0 Å². The number of rotatable bonds is 6. The molecular weight excluding hydrogens is 374 g/mol. The monoisotopic (exact) mass is 391 g/mol. The maximum atomic E-state index is 12.8. The average Bonchev–Trinajstić information content (AvgIpc) is 3.45. The van der Waals surface area contributed by atoms with Gasteiger partial charge in [-0.2, -0.15) is 4.98 Å². The zero-order chi connectivity index (χ0) is 20.2. The second-order valence-corrected chi connectivity index (χ2v) is 5.97. The van der Waals surface area contributed by atoms with E-state index in [1.54, 1.807) is 48.5 Å². The number of aromatic nitrogens is 2. The van der Waals surface area contributed by atoms with Gasteiger partial charge in [0.05, 0.1) is 31.7 Å². The summed E-state index contributed by atoms with van der Waals surface area (Å²) in [6.07, 6.45) is 1.53. The highest BCUT2D eigenvalue weighted by atomic mass is 16.5. The fourth-order valence-corrected chi connectivity index (χ4v) is 2.79. The molecule has 2 heterocycles. The molecule has 0 aliphatic heterocycles. The minimum atomic E-state index is -0.316. The number of amides is 1. The summed E-state index contributed by atoms with van der Waals surface area (Å²) in [5, 5.41) is 6.80. The van der Waals surface area contributed by atoms with Gasteiger partial charge in [0, 0.05) is 5.56 Å². The zero-order valence-electron chi connectivity index (χ0n) is 15.7. The van der Waals surface area contributed by atoms with Crippen LogP contribution in [0.2, 0.25) is 0 Å². The lowest BCUT2D eigenvalue weighted by atomic mass is 10.1. The van der Waals surface area contributed by atoms with Crippen molar-refractivity contribution < 1.29 is 23.2 Å². The number of benzene rings is 2. The molecule has 0 fully saturated rings. The van der Waals surface area contributed by atoms with Gasteiger partial charge >= 0.3 is 0 Å². The van der Waals surface area contributed by atoms with E-state index in [9.17, 15) is 4.79 Å². The summed E-state index contributed by atoms with van der Waals surface area (Å²) in [6.45, 7) is 0. The molecule has 146 valence electrons. The Labute approximate surface area is 166 Å². The first-order chi connectivity index (χ1) is 14.2. The molecule has 4 rings (SSSR count). The fraction of sp³-hybridized carbons (Fsp3) is 0.0952. The third-order valence-corrected chi connectivity index (χ3v) is 4.22. The predicted octanol–water partition coefficient (Wildman–Crippen LogP) is 4.27. The van der Waals surface area contributed by atoms with Crippen LogP contribution in [0.25, 0.3) is 23.0 Å². The molecule has 0 saturated carbocycles. The van der Waals surface area contributed by atoms with Crippen molar-refractivity contribution in [3.63, 3.8) is 0 Å². The first-order valence-electron chi connectivity index (χ1n) is 8.70. The van der Waals surface area contributed by atoms with E-state index in [2.05, 4.69) is 15.5 Å². The van der Waals surface area contributed by atoms with Crippen molar-refractivity contribution in [1.82, 2.24) is 10.1 Å². The molecule has 29 heavy (non-hydrogen) atoms. The highest BCUT2D eigenvalue weighted by Gasteiger charge is 2.17. The highest BCUT2D eigenvalue weighted by Crippen LogP contribution is 2.30. The standard InChI is InChI=1S/C21H17N3O5/c1-26-16-10-9-13(12-18(16)27-2)20(25)22-15-7-4-3-6-14(15)21-23-19(24-29-21)17-8-5-11-28-17/h3-12H,1-2H3,(H,22,25). The van der Waals surface area contributed by atoms with E-state index >= 15 is 0 Å². The Kier molecular flexibility index (Phi) is 4.98. The van der Waals surface area contributed by atoms with Crippen molar-refractivity contribution >= 4 is 11.6 Å². The number of hydrogen-bond donors (Lipinski definition) is 1. The van der Waals surface area contributed by atoms with Crippen LogP contribution in [0.15, 0.2) is 69.8 Å². The maximum Gasteiger partial charge on any atom is 0.260 e. The number of nitrogens with one attached hydrogen (secondary N) is 1. The first kappa shape index (κ1) is 18.3. The summed E-state index contributed by atoms with van der Waals surface area (Å²) in [5.74, 6) is 1.77. The van der Waals surface area contributed by atoms with Crippen LogP contribution >= 0.6 is 0 Å². The first-order valence-corrected chi connectivity index (χ1v) is 8.70. The SMILES string of the molecule is COc1ccc(C(=O)Nc2ccccc2-c2nc(-c3ccco3)no2)cc1OC. The van der Waals surface area contributed by atoms with E-state index in [1.807, 2.05) is 6.07 Å². The fourth-order valence-electron chi connectivity index (χ4n) is 2.79. The second kappa shape index (κ2) is 7.89. The van der Waals surface area contributed by atoms with Crippen LogP contribution in [0.4, 0.5) is 5.69 Å². The number of carbonyl (C=O) groups is 1. The van der Waals surface area contributed by atoms with Crippen LogP contribution < -0.4 is 14.8 Å². The molecule has 0 aliphatic rings. The Hall–Kier alpha value is -4.07. The van der Waals surface area contributed by atoms with Crippen LogP contribution in [-0.4, -0.2) is 30.3 Å². The summed E-state index contributed by atoms with van der Waals surface area (Å²) < 4.78 is 21.1. The van der Waals surface area contributed by atoms with Gasteiger partial charge in [0.1, 0.15) is 0 Å². The van der Waals surface area contributed by atoms with Gasteiger partial charge in [0.2, 0.25) is 5.82 Å². The molecule has 4 aromatic rings. The molecule has 0 saturated heterocycles. The Balaban J connectivity index is 1.62. The number of anilines is 1. The average molecular weight is 391 g/mol. The van der Waals surface area contributed by atoms with Gasteiger partial charge in [-0.25, -0.2) is 0 Å². The molecule has 0 atom stereocenters. The summed E-state index contributed by atoms with van der Waals surface area (Å²) in [4.78, 5) is 17.1. The van der Waals surface area contributed by atoms with E-state index in [0.29, 0.717) is 39.9 Å². The third-order valence-electron chi connectivity index (χ3n) is 4.22. The second-order valence-electron chi connectivity index (χ2n) is 5.97. The summed E-state index contributed by atoms with van der Waals surface area (Å²) in [5.41, 5.74) is 1.54. The lowest BCUT2D eigenvalue weighted by Crippen LogP contribution is -2.13. The number of para-hydroxylation sites is 1. The summed E-state index contributed by atoms with van der Waals surface area (Å²) >= 11 is 0. The van der Waals surface area contributed by atoms with Crippen LogP contribution in [-0.2, 0) is 0 Å². The van der Waals surface area contributed by atoms with Crippen molar-refractivity contribution in [1.29, 1.82) is 0 Å². The smallest absolute Gasteiger partial charge is 0.260 e. The minimum absolute atomic E-state index is 0.264. The lowest BCUT2D eigenvalue weighted by molar-refractivity contribution is 0.102. The number of nitrogens with zero attached hydrogens (tertiary/aromatic N) is 2. The topological polar surface area (TPSA) is 99.6 Å². The molecule has 2 aromatic carbocycles. The van der Waals surface area contributed by atoms with Crippen LogP contribution in [0.3, 0.4) is 0 Å². The lowest BCUT2D eigenvalue weighted by Gasteiger charge is -2.11. The zero-order valence-corrected chi connectivity index (χ0v) is 15.7. The Morgan fingerprint density at radius 2 is 1.83 bits per heavy atom. The van der Waals surface area contributed by atoms with Crippen LogP contribution in [0.1, 0.15) is 10.4 Å². The molecule has 0 unspecified atom stereocenters. The van der Waals surface area contributed by atoms with Gasteiger partial charge in [0.25, 0.3) is 11.8 Å². The molecule has 0 radical (unpaired) electrons. The number of hydrogen-bond acceptors (Lipinski definition) is 7. The molecule has 0 spiro atoms. The van der Waals surface area contributed by atoms with E-state index in [-0.39, 0.29) is 11.8 Å². The number of carbonyl (C=O) groups excluding carboxylic acids is 1. The number of furan rings is 1. The van der Waals surface area contributed by atoms with E-state index < -0.39 is 0 Å². The Morgan fingerprint density at radius 1 is 1.00 bits per heavy atom. The Morgan fingerprint density at radius 3 is 2.59 bits per heavy atom. The van der Waals surface area contributed by atoms with E-state index in [4.69, 9.17) is 18.4 Å². The summed E-state index contributed by atoms with van der Waals surface area (Å²) in [6, 6.07) is 15.6. The number of methoxy groups -OCH3 is 2. The molecule has 0 aliphatic carbocycles. The van der Waals surface area contributed by atoms with E-state index in [1.165, 1.54) is 20.5 Å². The van der Waals surface area contributed by atoms with Crippen molar-refractivity contribution in [3.8, 4) is 34.5 Å². The molecule has 2 aromatic heterocycles. The van der Waals surface area contributed by atoms with Gasteiger partial charge in [-0.1, -0.05) is 17.3 Å². The maximum absolute atomic E-state index is 12.8. The van der Waals surface area contributed by atoms with E-state index in [0.717, 1.165) is 0 Å². The van der Waals surface area contributed by atoms with Gasteiger partial charge < -0.3 is 23.7 Å². The van der Waals surface area contributed by atoms with Gasteiger partial charge in [-0.05, 0) is 42.5 Å². The quantitative estimate of drug-likeness (QED) is 0.524. The predicted molar refractivity (Wildman–Crippen MR) is 105 cm³/mol. The normalized spacial score (nSPS) is 10.6. The Bertz CT molecular complexity index is 1130. The van der Waals surface area contributed by atoms with Crippen molar-refractivity contribution in [3.05, 3.63) is 66.4 Å². The van der Waals surface area contributed by atoms with Crippen molar-refractivity contribution in [2.24, 2.45) is 0 Å². The minimum Gasteiger partial charge on any atom is -0.493 e. The molecular formula is C21H17N3O5. The molecule has 1 amide bonds. The third kappa shape index (κ3) is 3.68. The molecule has 1 N–H and O–H groups in total.